The van der Waals surface area contributed by atoms with Crippen LogP contribution in [-0.2, 0) is 5.41 Å². The molecule has 0 N–H and O–H groups in total. The maximum Gasteiger partial charge on any atom is 0.0822 e. The molecular formula is C21H32N. The van der Waals surface area contributed by atoms with Gasteiger partial charge in [0.05, 0.1) is 11.5 Å². The molecule has 0 heterocycles. The predicted octanol–water partition coefficient (Wildman–Crippen LogP) is 6.59. The van der Waals surface area contributed by atoms with Crippen LogP contribution in [0, 0.1) is 18.3 Å². The van der Waals surface area contributed by atoms with Gasteiger partial charge in [-0.15, -0.1) is 0 Å². The van der Waals surface area contributed by atoms with Crippen molar-refractivity contribution in [2.45, 2.75) is 83.0 Å². The van der Waals surface area contributed by atoms with Gasteiger partial charge in [0, 0.05) is 0 Å². The van der Waals surface area contributed by atoms with Crippen molar-refractivity contribution in [1.29, 1.82) is 5.26 Å². The molecule has 1 unspecified atom stereocenters. The highest BCUT2D eigenvalue weighted by atomic mass is 14.4. The maximum absolute atomic E-state index is 9.78. The Balaban J connectivity index is 2.42. The Bertz CT molecular complexity index is 417. The standard InChI is InChI=1S/C21H32N/c1-3-5-6-7-8-9-10-14-18-21(19-22,17-4-2)20-15-12-11-13-16-20/h11-13,15-16H,2-10,14,17-18H2,1H3. The fourth-order valence-corrected chi connectivity index (χ4v) is 3.21. The number of hydrogen-bond acceptors (Lipinski definition) is 1. The molecule has 22 heavy (non-hydrogen) atoms. The molecule has 1 heteroatoms. The fraction of sp³-hybridized carbons (Fsp3) is 0.619. The SMILES string of the molecule is [CH2]CCC(C#N)(CCCCCCCCCC)c1ccccc1. The van der Waals surface area contributed by atoms with E-state index in [1.165, 1.54) is 50.5 Å². The molecule has 121 valence electrons. The molecule has 0 fully saturated rings. The van der Waals surface area contributed by atoms with Crippen molar-refractivity contribution in [3.05, 3.63) is 42.8 Å². The molecule has 0 amide bonds. The zero-order valence-corrected chi connectivity index (χ0v) is 14.3. The average molecular weight is 298 g/mol. The van der Waals surface area contributed by atoms with Gasteiger partial charge in [0.2, 0.25) is 0 Å². The van der Waals surface area contributed by atoms with Crippen molar-refractivity contribution in [3.63, 3.8) is 0 Å². The first-order valence-corrected chi connectivity index (χ1v) is 9.05. The van der Waals surface area contributed by atoms with Gasteiger partial charge in [-0.2, -0.15) is 5.26 Å². The summed E-state index contributed by atoms with van der Waals surface area (Å²) in [5.74, 6) is 0. The largest absolute Gasteiger partial charge is 0.197 e. The molecule has 0 saturated heterocycles. The number of unbranched alkanes of at least 4 members (excludes halogenated alkanes) is 7. The minimum atomic E-state index is -0.328. The topological polar surface area (TPSA) is 23.8 Å². The van der Waals surface area contributed by atoms with E-state index in [4.69, 9.17) is 0 Å². The number of hydrogen-bond donors (Lipinski definition) is 0. The van der Waals surface area contributed by atoms with Gasteiger partial charge in [-0.1, -0.05) is 102 Å². The van der Waals surface area contributed by atoms with Gasteiger partial charge >= 0.3 is 0 Å². The average Bonchev–Trinajstić information content (AvgIpc) is 2.57. The van der Waals surface area contributed by atoms with Crippen LogP contribution in [-0.4, -0.2) is 0 Å². The quantitative estimate of drug-likeness (QED) is 0.399. The molecule has 1 radical (unpaired) electrons. The Morgan fingerprint density at radius 2 is 1.50 bits per heavy atom. The van der Waals surface area contributed by atoms with Gasteiger partial charge in [-0.05, 0) is 18.4 Å². The molecule has 1 aromatic rings. The van der Waals surface area contributed by atoms with E-state index < -0.39 is 0 Å². The van der Waals surface area contributed by atoms with E-state index in [-0.39, 0.29) is 5.41 Å². The third-order valence-electron chi connectivity index (χ3n) is 4.60. The van der Waals surface area contributed by atoms with Crippen LogP contribution < -0.4 is 0 Å². The van der Waals surface area contributed by atoms with Crippen LogP contribution >= 0.6 is 0 Å². The van der Waals surface area contributed by atoms with Gasteiger partial charge in [0.15, 0.2) is 0 Å². The zero-order valence-electron chi connectivity index (χ0n) is 14.3. The van der Waals surface area contributed by atoms with Crippen molar-refractivity contribution in [3.8, 4) is 6.07 Å². The second-order valence-corrected chi connectivity index (χ2v) is 6.39. The molecule has 0 bridgehead atoms. The Kier molecular flexibility index (Phi) is 9.64. The highest BCUT2D eigenvalue weighted by Crippen LogP contribution is 2.34. The molecule has 1 rings (SSSR count). The lowest BCUT2D eigenvalue weighted by atomic mass is 9.74. The first-order valence-electron chi connectivity index (χ1n) is 9.05. The van der Waals surface area contributed by atoms with Crippen LogP contribution in [0.5, 0.6) is 0 Å². The number of rotatable bonds is 12. The Morgan fingerprint density at radius 3 is 2.05 bits per heavy atom. The summed E-state index contributed by atoms with van der Waals surface area (Å²) in [6.45, 7) is 6.24. The summed E-state index contributed by atoms with van der Waals surface area (Å²) in [5.41, 5.74) is 0.842. The van der Waals surface area contributed by atoms with E-state index in [1.807, 2.05) is 18.2 Å². The fourth-order valence-electron chi connectivity index (χ4n) is 3.21. The Labute approximate surface area is 137 Å². The molecule has 0 spiro atoms. The van der Waals surface area contributed by atoms with Crippen LogP contribution in [0.15, 0.2) is 30.3 Å². The molecule has 1 aromatic carbocycles. The normalized spacial score (nSPS) is 13.5. The second kappa shape index (κ2) is 11.3. The summed E-state index contributed by atoms with van der Waals surface area (Å²) in [7, 11) is 0. The lowest BCUT2D eigenvalue weighted by Gasteiger charge is -2.27. The van der Waals surface area contributed by atoms with Gasteiger partial charge in [-0.25, -0.2) is 0 Å². The summed E-state index contributed by atoms with van der Waals surface area (Å²) in [6.07, 6.45) is 13.1. The zero-order chi connectivity index (χ0) is 16.1. The van der Waals surface area contributed by atoms with E-state index in [2.05, 4.69) is 32.0 Å². The summed E-state index contributed by atoms with van der Waals surface area (Å²) >= 11 is 0. The highest BCUT2D eigenvalue weighted by molar-refractivity contribution is 5.32. The Morgan fingerprint density at radius 1 is 0.909 bits per heavy atom. The predicted molar refractivity (Wildman–Crippen MR) is 95.6 cm³/mol. The van der Waals surface area contributed by atoms with E-state index in [0.717, 1.165) is 25.7 Å². The minimum Gasteiger partial charge on any atom is -0.197 e. The molecule has 0 aliphatic rings. The van der Waals surface area contributed by atoms with Crippen LogP contribution in [0.1, 0.15) is 83.1 Å². The summed E-state index contributed by atoms with van der Waals surface area (Å²) in [5, 5.41) is 9.78. The highest BCUT2D eigenvalue weighted by Gasteiger charge is 2.30. The van der Waals surface area contributed by atoms with Crippen LogP contribution in [0.2, 0.25) is 0 Å². The first kappa shape index (κ1) is 18.8. The van der Waals surface area contributed by atoms with Crippen LogP contribution in [0.3, 0.4) is 0 Å². The lowest BCUT2D eigenvalue weighted by molar-refractivity contribution is 0.435. The van der Waals surface area contributed by atoms with Crippen molar-refractivity contribution in [1.82, 2.24) is 0 Å². The van der Waals surface area contributed by atoms with Gasteiger partial charge in [0.25, 0.3) is 0 Å². The van der Waals surface area contributed by atoms with Crippen LogP contribution in [0.25, 0.3) is 0 Å². The summed E-state index contributed by atoms with van der Waals surface area (Å²) in [4.78, 5) is 0. The van der Waals surface area contributed by atoms with Gasteiger partial charge < -0.3 is 0 Å². The molecule has 0 aliphatic carbocycles. The maximum atomic E-state index is 9.78. The molecule has 1 atom stereocenters. The third kappa shape index (κ3) is 6.22. The molecule has 1 nitrogen and oxygen atoms in total. The monoisotopic (exact) mass is 298 g/mol. The summed E-state index contributed by atoms with van der Waals surface area (Å²) in [6, 6.07) is 12.9. The van der Waals surface area contributed by atoms with E-state index in [1.54, 1.807) is 0 Å². The van der Waals surface area contributed by atoms with E-state index in [0.29, 0.717) is 0 Å². The van der Waals surface area contributed by atoms with E-state index in [9.17, 15) is 5.26 Å². The van der Waals surface area contributed by atoms with Crippen molar-refractivity contribution >= 4 is 0 Å². The second-order valence-electron chi connectivity index (χ2n) is 6.39. The summed E-state index contributed by atoms with van der Waals surface area (Å²) < 4.78 is 0. The minimum absolute atomic E-state index is 0.328. The molecule has 0 aliphatic heterocycles. The van der Waals surface area contributed by atoms with E-state index >= 15 is 0 Å². The lowest BCUT2D eigenvalue weighted by Crippen LogP contribution is -2.24. The molecule has 0 saturated carbocycles. The van der Waals surface area contributed by atoms with Gasteiger partial charge in [-0.3, -0.25) is 0 Å². The molecule has 0 aromatic heterocycles. The van der Waals surface area contributed by atoms with Crippen molar-refractivity contribution < 1.29 is 0 Å². The molecular weight excluding hydrogens is 266 g/mol. The van der Waals surface area contributed by atoms with Crippen molar-refractivity contribution in [2.75, 3.05) is 0 Å². The third-order valence-corrected chi connectivity index (χ3v) is 4.60. The van der Waals surface area contributed by atoms with Crippen molar-refractivity contribution in [2.24, 2.45) is 0 Å². The first-order chi connectivity index (χ1) is 10.8. The van der Waals surface area contributed by atoms with Crippen LogP contribution in [0.4, 0.5) is 0 Å². The smallest absolute Gasteiger partial charge is 0.0822 e. The Hall–Kier alpha value is -1.29. The number of benzene rings is 1. The number of nitrogens with zero attached hydrogens (tertiary/aromatic N) is 1. The number of nitriles is 1. The van der Waals surface area contributed by atoms with Gasteiger partial charge in [0.1, 0.15) is 0 Å².